The van der Waals surface area contributed by atoms with E-state index in [4.69, 9.17) is 136 Å². The first-order chi connectivity index (χ1) is 60.2. The van der Waals surface area contributed by atoms with Gasteiger partial charge in [-0.2, -0.15) is 5.26 Å². The van der Waals surface area contributed by atoms with Gasteiger partial charge in [-0.25, -0.2) is 19.2 Å². The van der Waals surface area contributed by atoms with Crippen molar-refractivity contribution < 1.29 is 49.1 Å². The number of aromatic carboxylic acids is 2. The molecule has 21 nitrogen and oxygen atoms in total. The number of halogens is 11. The standard InChI is InChI=1S/C22H24Cl2N2O4.C22H26Cl2N2O3.C17H15Cl2N3.C17H16Cl2N2O2.C17H18Cl2N2O.ClH/c1-22(2,3)30-21(29)25-10-11-26(18-9-6-15(20(27)28)12-17(18)24)19(13-25)14-4-7-16(23)8-5-14;1-22(2,3)29-21(28)25-10-11-26(19-9-4-15(14-27)12-18(19)24)20(13-25)16-5-7-17(23)8-6-16;18-14-4-2-13(3-5-14)17-11-21-7-8-22(17)16-6-1-12(10-20)9-15(16)19;18-13-4-1-11(2-5-13)16-10-20-7-8-21(16)15-6-3-12(17(22)23)9-14(15)19;18-14-4-2-13(3-5-14)17-10-20-7-8-21(17)16-6-1-12(11-22)9-15(16)19;/h4-9,12,19H,10-11,13H2,1-3H3,(H,27,28);4-9,12,20,27H,10-11,13-14H2,1-3H3;1-6,9,17,21H,7-8,11H2;1-6,9,16,20H,7-8,10H2,(H,22,23);1-6,9,17,20,22H,7-8,10-11H2;1H/t19-;20-;17-;16-;17-;/m00000./s1. The van der Waals surface area contributed by atoms with Gasteiger partial charge in [-0.1, -0.05) is 189 Å². The van der Waals surface area contributed by atoms with Gasteiger partial charge in [-0.15, -0.1) is 12.4 Å². The van der Waals surface area contributed by atoms with Crippen LogP contribution in [0.4, 0.5) is 38.0 Å². The first kappa shape index (κ1) is 100. The molecule has 5 heterocycles. The van der Waals surface area contributed by atoms with Crippen molar-refractivity contribution in [1.29, 1.82) is 5.26 Å². The maximum Gasteiger partial charge on any atom is 0.410 e. The Morgan fingerprint density at radius 1 is 0.362 bits per heavy atom. The van der Waals surface area contributed by atoms with E-state index in [0.717, 1.165) is 120 Å². The zero-order valence-corrected chi connectivity index (χ0v) is 79.0. The van der Waals surface area contributed by atoms with Crippen molar-refractivity contribution in [1.82, 2.24) is 25.8 Å². The van der Waals surface area contributed by atoms with Crippen molar-refractivity contribution in [3.05, 3.63) is 318 Å². The molecular formula is C95H100Cl11N11O10. The predicted molar refractivity (Wildman–Crippen MR) is 517 cm³/mol. The van der Waals surface area contributed by atoms with Crippen LogP contribution in [0, 0.1) is 11.3 Å². The van der Waals surface area contributed by atoms with E-state index < -0.39 is 23.1 Å². The average Bonchev–Trinajstić information content (AvgIpc) is 0.794. The van der Waals surface area contributed by atoms with Crippen LogP contribution in [0.3, 0.4) is 0 Å². The first-order valence-electron chi connectivity index (χ1n) is 40.9. The number of amides is 2. The fourth-order valence-electron chi connectivity index (χ4n) is 15.3. The Balaban J connectivity index is 0.000000166. The zero-order valence-electron chi connectivity index (χ0n) is 70.6. The van der Waals surface area contributed by atoms with Crippen molar-refractivity contribution in [2.45, 2.75) is 96.2 Å². The summed E-state index contributed by atoms with van der Waals surface area (Å²) in [4.78, 5) is 62.1. The number of hydrogen-bond acceptors (Lipinski definition) is 17. The van der Waals surface area contributed by atoms with Crippen molar-refractivity contribution in [3.8, 4) is 6.07 Å². The van der Waals surface area contributed by atoms with E-state index >= 15 is 0 Å². The number of nitrogens with one attached hydrogen (secondary N) is 3. The number of nitriles is 1. The number of piperazine rings is 5. The molecule has 5 aliphatic rings. The lowest BCUT2D eigenvalue weighted by molar-refractivity contribution is 0.0204. The molecule has 5 atom stereocenters. The predicted octanol–water partition coefficient (Wildman–Crippen LogP) is 22.7. The lowest BCUT2D eigenvalue weighted by Crippen LogP contribution is -2.51. The number of ether oxygens (including phenoxy) is 2. The maximum absolute atomic E-state index is 12.6. The Labute approximate surface area is 797 Å². The average molecular weight is 1950 g/mol. The van der Waals surface area contributed by atoms with Gasteiger partial charge >= 0.3 is 24.1 Å². The minimum absolute atomic E-state index is 0. The summed E-state index contributed by atoms with van der Waals surface area (Å²) < 4.78 is 11.1. The summed E-state index contributed by atoms with van der Waals surface area (Å²) in [5, 5.41) is 62.2. The highest BCUT2D eigenvalue weighted by Crippen LogP contribution is 2.42. The summed E-state index contributed by atoms with van der Waals surface area (Å²) >= 11 is 62.2. The minimum atomic E-state index is -1.03. The minimum Gasteiger partial charge on any atom is -0.478 e. The van der Waals surface area contributed by atoms with E-state index in [9.17, 15) is 34.5 Å². The van der Waals surface area contributed by atoms with Gasteiger partial charge in [0, 0.05) is 123 Å². The molecule has 15 rings (SSSR count). The van der Waals surface area contributed by atoms with E-state index in [0.29, 0.717) is 90.7 Å². The third-order valence-corrected chi connectivity index (χ3v) is 24.2. The smallest absolute Gasteiger partial charge is 0.410 e. The zero-order chi connectivity index (χ0) is 90.7. The maximum atomic E-state index is 12.6. The highest BCUT2D eigenvalue weighted by molar-refractivity contribution is 6.36. The van der Waals surface area contributed by atoms with Crippen molar-refractivity contribution in [2.24, 2.45) is 0 Å². The molecule has 10 aromatic carbocycles. The molecule has 5 fully saturated rings. The van der Waals surface area contributed by atoms with Crippen LogP contribution in [0.5, 0.6) is 0 Å². The van der Waals surface area contributed by atoms with Crippen LogP contribution in [0.25, 0.3) is 0 Å². The third kappa shape index (κ3) is 27.6. The fraction of sp³-hybridized carbons (Fsp3) is 0.316. The third-order valence-electron chi connectivity index (χ3n) is 21.5. The highest BCUT2D eigenvalue weighted by Gasteiger charge is 2.38. The second-order valence-corrected chi connectivity index (χ2v) is 36.6. The molecule has 0 saturated carbocycles. The number of carboxylic acids is 2. The van der Waals surface area contributed by atoms with Crippen molar-refractivity contribution in [2.75, 3.05) is 123 Å². The fourth-order valence-corrected chi connectivity index (χ4v) is 17.4. The number of nitrogens with zero attached hydrogens (tertiary/aromatic N) is 8. The summed E-state index contributed by atoms with van der Waals surface area (Å²) in [5.74, 6) is -2.01. The van der Waals surface area contributed by atoms with Crippen LogP contribution in [0.2, 0.25) is 50.2 Å². The Morgan fingerprint density at radius 3 is 0.874 bits per heavy atom. The molecule has 0 aromatic heterocycles. The molecule has 2 amide bonds. The molecule has 0 aliphatic carbocycles. The quantitative estimate of drug-likeness (QED) is 0.0534. The molecule has 0 bridgehead atoms. The SMILES string of the molecule is CC(C)(C)OC(=O)N1CCN(c2ccc(C(=O)O)cc2Cl)[C@H](c2ccc(Cl)cc2)C1.CC(C)(C)OC(=O)N1CCN(c2ccc(CO)cc2Cl)[C@H](c2ccc(Cl)cc2)C1.Cl.N#Cc1ccc(N2CCNC[C@H]2c2ccc(Cl)cc2)c(Cl)c1.O=C(O)c1ccc(N2CCNC[C@H]2c2ccc(Cl)cc2)c(Cl)c1.OCc1ccc(N2CCNC[C@H]2c2ccc(Cl)cc2)c(Cl)c1. The summed E-state index contributed by atoms with van der Waals surface area (Å²) in [6.07, 6.45) is -0.689. The van der Waals surface area contributed by atoms with E-state index in [1.165, 1.54) is 29.3 Å². The largest absolute Gasteiger partial charge is 0.478 e. The molecular weight excluding hydrogens is 1850 g/mol. The number of aliphatic hydroxyl groups excluding tert-OH is 2. The van der Waals surface area contributed by atoms with Gasteiger partial charge in [-0.05, 0) is 220 Å². The number of benzene rings is 10. The Kier molecular flexibility index (Phi) is 36.8. The van der Waals surface area contributed by atoms with Crippen molar-refractivity contribution in [3.63, 3.8) is 0 Å². The number of anilines is 5. The molecule has 0 radical (unpaired) electrons. The lowest BCUT2D eigenvalue weighted by atomic mass is 10.0. The number of hydrogen-bond donors (Lipinski definition) is 7. The summed E-state index contributed by atoms with van der Waals surface area (Å²) in [7, 11) is 0. The van der Waals surface area contributed by atoms with E-state index in [2.05, 4.69) is 58.7 Å². The second-order valence-electron chi connectivity index (χ2n) is 32.4. The highest BCUT2D eigenvalue weighted by atomic mass is 35.5. The molecule has 127 heavy (non-hydrogen) atoms. The van der Waals surface area contributed by atoms with Crippen molar-refractivity contribution >= 4 is 181 Å². The van der Waals surface area contributed by atoms with Crippen LogP contribution >= 0.6 is 128 Å². The number of aliphatic hydroxyl groups is 2. The van der Waals surface area contributed by atoms with Crippen LogP contribution in [-0.4, -0.2) is 164 Å². The van der Waals surface area contributed by atoms with Crippen LogP contribution in [0.1, 0.15) is 137 Å². The molecule has 0 spiro atoms. The first-order valence-corrected chi connectivity index (χ1v) is 44.7. The number of carbonyl (C=O) groups excluding carboxylic acids is 2. The molecule has 7 N–H and O–H groups in total. The Morgan fingerprint density at radius 2 is 0.622 bits per heavy atom. The van der Waals surface area contributed by atoms with E-state index in [1.807, 2.05) is 181 Å². The molecule has 672 valence electrons. The Bertz CT molecular complexity index is 5420. The van der Waals surface area contributed by atoms with E-state index in [-0.39, 0.29) is 79.1 Å². The topological polar surface area (TPSA) is 250 Å². The monoisotopic (exact) mass is 1940 g/mol. The number of carboxylic acid groups (broad SMARTS) is 2. The molecule has 5 aliphatic heterocycles. The van der Waals surface area contributed by atoms with Gasteiger partial charge in [0.15, 0.2) is 0 Å². The molecule has 5 saturated heterocycles. The van der Waals surface area contributed by atoms with Gasteiger partial charge in [0.2, 0.25) is 0 Å². The van der Waals surface area contributed by atoms with Gasteiger partial charge in [0.1, 0.15) is 11.2 Å². The number of rotatable bonds is 14. The second kappa shape index (κ2) is 46.6. The molecule has 0 unspecified atom stereocenters. The number of carbonyl (C=O) groups is 4. The van der Waals surface area contributed by atoms with Crippen LogP contribution in [0.15, 0.2) is 212 Å². The molecule has 32 heteroatoms. The summed E-state index contributed by atoms with van der Waals surface area (Å²) in [5.41, 5.74) is 11.3. The summed E-state index contributed by atoms with van der Waals surface area (Å²) in [6, 6.07) is 67.3. The van der Waals surface area contributed by atoms with Gasteiger partial charge in [-0.3, -0.25) is 0 Å². The van der Waals surface area contributed by atoms with Gasteiger partial charge in [0.05, 0.1) is 120 Å². The summed E-state index contributed by atoms with van der Waals surface area (Å²) in [6.45, 7) is 21.7. The van der Waals surface area contributed by atoms with Crippen LogP contribution in [-0.2, 0) is 22.7 Å². The normalized spacial score (nSPS) is 17.6. The van der Waals surface area contributed by atoms with E-state index in [1.54, 1.807) is 52.3 Å². The van der Waals surface area contributed by atoms with Gasteiger partial charge < -0.3 is 80.1 Å². The lowest BCUT2D eigenvalue weighted by Gasteiger charge is -2.43. The Hall–Kier alpha value is -8.84. The molecule has 10 aromatic rings. The van der Waals surface area contributed by atoms with Gasteiger partial charge in [0.25, 0.3) is 0 Å². The van der Waals surface area contributed by atoms with Crippen LogP contribution < -0.4 is 40.4 Å².